The number of carbonyl (C=O) groups is 2. The second kappa shape index (κ2) is 13.6. The molecule has 172 valence electrons. The third kappa shape index (κ3) is 9.35. The predicted octanol–water partition coefficient (Wildman–Crippen LogP) is -0.357. The Morgan fingerprint density at radius 1 is 1.06 bits per heavy atom. The summed E-state index contributed by atoms with van der Waals surface area (Å²) in [5, 5.41) is 6.27. The molecule has 2 N–H and O–H groups in total. The Morgan fingerprint density at radius 2 is 1.77 bits per heavy atom. The number of rotatable bonds is 10. The molecule has 1 heterocycles. The van der Waals surface area contributed by atoms with Crippen LogP contribution in [0.1, 0.15) is 5.56 Å². The summed E-state index contributed by atoms with van der Waals surface area (Å²) < 4.78 is 4.96. The first-order valence-corrected chi connectivity index (χ1v) is 10.7. The Kier molecular flexibility index (Phi) is 10.8. The summed E-state index contributed by atoms with van der Waals surface area (Å²) in [6.45, 7) is 5.29. The van der Waals surface area contributed by atoms with Crippen LogP contribution in [-0.2, 0) is 20.7 Å². The Morgan fingerprint density at radius 3 is 2.42 bits per heavy atom. The van der Waals surface area contributed by atoms with Gasteiger partial charge in [-0.2, -0.15) is 0 Å². The van der Waals surface area contributed by atoms with Gasteiger partial charge in [0, 0.05) is 60.5 Å². The van der Waals surface area contributed by atoms with Crippen molar-refractivity contribution in [3.8, 4) is 0 Å². The van der Waals surface area contributed by atoms with E-state index in [-0.39, 0.29) is 18.4 Å². The molecule has 1 aliphatic heterocycles. The maximum Gasteiger partial charge on any atom is 0.243 e. The summed E-state index contributed by atoms with van der Waals surface area (Å²) in [5.74, 6) is 0.723. The van der Waals surface area contributed by atoms with E-state index in [1.54, 1.807) is 26.1 Å². The van der Waals surface area contributed by atoms with Crippen LogP contribution in [-0.4, -0.2) is 113 Å². The number of likely N-dealkylation sites (N-methyl/N-ethyl adjacent to an activating group) is 1. The summed E-state index contributed by atoms with van der Waals surface area (Å²) in [4.78, 5) is 34.4. The molecule has 9 nitrogen and oxygen atoms in total. The summed E-state index contributed by atoms with van der Waals surface area (Å²) in [5.41, 5.74) is 1.25. The van der Waals surface area contributed by atoms with Gasteiger partial charge in [0.15, 0.2) is 5.96 Å². The Hall–Kier alpha value is -2.65. The topological polar surface area (TPSA) is 89.5 Å². The monoisotopic (exact) mass is 432 g/mol. The SMILES string of the molecule is COCCNC(=O)CN1CCN(C(=NCC(=O)N(C)C)NCCc2ccccc2)CC1. The molecular weight excluding hydrogens is 396 g/mol. The maximum absolute atomic E-state index is 12.0. The van der Waals surface area contributed by atoms with Gasteiger partial charge < -0.3 is 25.2 Å². The smallest absolute Gasteiger partial charge is 0.243 e. The summed E-state index contributed by atoms with van der Waals surface area (Å²) in [6.07, 6.45) is 0.878. The van der Waals surface area contributed by atoms with E-state index in [1.807, 2.05) is 18.2 Å². The molecule has 0 saturated carbocycles. The minimum atomic E-state index is -0.0336. The van der Waals surface area contributed by atoms with Crippen LogP contribution in [0.3, 0.4) is 0 Å². The molecule has 1 aromatic rings. The van der Waals surface area contributed by atoms with E-state index < -0.39 is 0 Å². The van der Waals surface area contributed by atoms with Gasteiger partial charge in [0.25, 0.3) is 0 Å². The molecule has 0 radical (unpaired) electrons. The fourth-order valence-corrected chi connectivity index (χ4v) is 3.18. The Bertz CT molecular complexity index is 702. The Labute approximate surface area is 185 Å². The highest BCUT2D eigenvalue weighted by Crippen LogP contribution is 2.04. The van der Waals surface area contributed by atoms with E-state index in [9.17, 15) is 9.59 Å². The minimum absolute atomic E-state index is 0.0111. The molecule has 0 spiro atoms. The summed E-state index contributed by atoms with van der Waals surface area (Å²) in [7, 11) is 5.08. The standard InChI is InChI=1S/C22H36N6O3/c1-26(2)21(30)17-25-22(24-10-9-19-7-5-4-6-8-19)28-14-12-27(13-15-28)18-20(29)23-11-16-31-3/h4-8H,9-18H2,1-3H3,(H,23,29)(H,24,25). The van der Waals surface area contributed by atoms with Crippen molar-refractivity contribution in [3.63, 3.8) is 0 Å². The van der Waals surface area contributed by atoms with Crippen LogP contribution in [0.4, 0.5) is 0 Å². The zero-order valence-electron chi connectivity index (χ0n) is 19.0. The van der Waals surface area contributed by atoms with E-state index in [0.717, 1.165) is 45.1 Å². The lowest BCUT2D eigenvalue weighted by Gasteiger charge is -2.36. The number of benzene rings is 1. The van der Waals surface area contributed by atoms with Crippen LogP contribution in [0, 0.1) is 0 Å². The number of piperazine rings is 1. The van der Waals surface area contributed by atoms with Crippen LogP contribution in [0.25, 0.3) is 0 Å². The third-order valence-electron chi connectivity index (χ3n) is 5.07. The lowest BCUT2D eigenvalue weighted by molar-refractivity contribution is -0.127. The molecule has 0 aromatic heterocycles. The number of carbonyl (C=O) groups excluding carboxylic acids is 2. The van der Waals surface area contributed by atoms with Gasteiger partial charge in [0.05, 0.1) is 13.2 Å². The molecule has 2 rings (SSSR count). The maximum atomic E-state index is 12.0. The second-order valence-electron chi connectivity index (χ2n) is 7.70. The molecule has 31 heavy (non-hydrogen) atoms. The predicted molar refractivity (Wildman–Crippen MR) is 122 cm³/mol. The van der Waals surface area contributed by atoms with Gasteiger partial charge in [0.1, 0.15) is 6.54 Å². The molecule has 9 heteroatoms. The number of hydrogen-bond acceptors (Lipinski definition) is 5. The first-order chi connectivity index (χ1) is 15.0. The summed E-state index contributed by atoms with van der Waals surface area (Å²) >= 11 is 0. The average Bonchev–Trinajstić information content (AvgIpc) is 2.77. The van der Waals surface area contributed by atoms with Gasteiger partial charge in [-0.15, -0.1) is 0 Å². The molecule has 2 amide bonds. The highest BCUT2D eigenvalue weighted by Gasteiger charge is 2.21. The molecule has 1 aliphatic rings. The first-order valence-electron chi connectivity index (χ1n) is 10.7. The lowest BCUT2D eigenvalue weighted by atomic mass is 10.1. The van der Waals surface area contributed by atoms with E-state index in [1.165, 1.54) is 5.56 Å². The fraction of sp³-hybridized carbons (Fsp3) is 0.591. The zero-order valence-corrected chi connectivity index (χ0v) is 19.0. The number of guanidine groups is 1. The lowest BCUT2D eigenvalue weighted by Crippen LogP contribution is -2.54. The molecule has 0 aliphatic carbocycles. The fourth-order valence-electron chi connectivity index (χ4n) is 3.18. The molecule has 0 unspecified atom stereocenters. The van der Waals surface area contributed by atoms with Crippen molar-refractivity contribution >= 4 is 17.8 Å². The molecular formula is C22H36N6O3. The normalized spacial score (nSPS) is 14.9. The van der Waals surface area contributed by atoms with Crippen molar-refractivity contribution in [3.05, 3.63) is 35.9 Å². The highest BCUT2D eigenvalue weighted by atomic mass is 16.5. The number of methoxy groups -OCH3 is 1. The van der Waals surface area contributed by atoms with Crippen LogP contribution in [0.5, 0.6) is 0 Å². The van der Waals surface area contributed by atoms with E-state index in [4.69, 9.17) is 4.74 Å². The van der Waals surface area contributed by atoms with E-state index in [0.29, 0.717) is 19.7 Å². The number of nitrogens with one attached hydrogen (secondary N) is 2. The molecule has 1 saturated heterocycles. The van der Waals surface area contributed by atoms with Gasteiger partial charge in [-0.25, -0.2) is 4.99 Å². The van der Waals surface area contributed by atoms with E-state index >= 15 is 0 Å². The van der Waals surface area contributed by atoms with Crippen molar-refractivity contribution in [2.24, 2.45) is 4.99 Å². The van der Waals surface area contributed by atoms with Crippen molar-refractivity contribution in [2.45, 2.75) is 6.42 Å². The number of aliphatic imine (C=N–C) groups is 1. The van der Waals surface area contributed by atoms with Gasteiger partial charge in [-0.1, -0.05) is 30.3 Å². The van der Waals surface area contributed by atoms with Gasteiger partial charge in [-0.3, -0.25) is 14.5 Å². The average molecular weight is 433 g/mol. The molecule has 0 bridgehead atoms. The van der Waals surface area contributed by atoms with Crippen molar-refractivity contribution in [1.29, 1.82) is 0 Å². The van der Waals surface area contributed by atoms with Crippen LogP contribution in [0.15, 0.2) is 35.3 Å². The van der Waals surface area contributed by atoms with Crippen LogP contribution < -0.4 is 10.6 Å². The number of amides is 2. The van der Waals surface area contributed by atoms with E-state index in [2.05, 4.69) is 37.6 Å². The Balaban J connectivity index is 1.87. The summed E-state index contributed by atoms with van der Waals surface area (Å²) in [6, 6.07) is 10.3. The van der Waals surface area contributed by atoms with Crippen LogP contribution >= 0.6 is 0 Å². The van der Waals surface area contributed by atoms with Gasteiger partial charge >= 0.3 is 0 Å². The molecule has 1 fully saturated rings. The minimum Gasteiger partial charge on any atom is -0.383 e. The zero-order chi connectivity index (χ0) is 22.5. The number of hydrogen-bond donors (Lipinski definition) is 2. The third-order valence-corrected chi connectivity index (χ3v) is 5.07. The van der Waals surface area contributed by atoms with Gasteiger partial charge in [-0.05, 0) is 12.0 Å². The van der Waals surface area contributed by atoms with Crippen LogP contribution in [0.2, 0.25) is 0 Å². The van der Waals surface area contributed by atoms with Gasteiger partial charge in [0.2, 0.25) is 11.8 Å². The highest BCUT2D eigenvalue weighted by molar-refractivity contribution is 5.85. The first kappa shape index (κ1) is 24.6. The van der Waals surface area contributed by atoms with Crippen molar-refractivity contribution in [1.82, 2.24) is 25.3 Å². The van der Waals surface area contributed by atoms with Crippen molar-refractivity contribution < 1.29 is 14.3 Å². The van der Waals surface area contributed by atoms with Crippen molar-refractivity contribution in [2.75, 3.05) is 80.2 Å². The number of nitrogens with zero attached hydrogens (tertiary/aromatic N) is 4. The number of ether oxygens (including phenoxy) is 1. The second-order valence-corrected chi connectivity index (χ2v) is 7.70. The largest absolute Gasteiger partial charge is 0.383 e. The quantitative estimate of drug-likeness (QED) is 0.298. The molecule has 0 atom stereocenters. The molecule has 1 aromatic carbocycles.